The van der Waals surface area contributed by atoms with Gasteiger partial charge in [0.15, 0.2) is 0 Å². The SMILES string of the molecule is O=C(O)c1cc(C(=O)O)c(C(=O)O)cc1C(=O)O.[KH].[KH].[KH].[KH]. The second-order valence-electron chi connectivity index (χ2n) is 3.16. The zero-order valence-electron chi connectivity index (χ0n) is 8.58. The molecule has 0 saturated heterocycles. The summed E-state index contributed by atoms with van der Waals surface area (Å²) in [6.45, 7) is 0. The minimum atomic E-state index is -1.66. The van der Waals surface area contributed by atoms with Crippen LogP contribution in [0.3, 0.4) is 0 Å². The molecule has 0 bridgehead atoms. The number of carboxylic acid groups (broad SMARTS) is 4. The van der Waals surface area contributed by atoms with Gasteiger partial charge in [0.25, 0.3) is 0 Å². The summed E-state index contributed by atoms with van der Waals surface area (Å²) in [4.78, 5) is 43.1. The van der Waals surface area contributed by atoms with Gasteiger partial charge in [-0.25, -0.2) is 19.2 Å². The van der Waals surface area contributed by atoms with Crippen LogP contribution in [0.1, 0.15) is 41.4 Å². The topological polar surface area (TPSA) is 149 Å². The first kappa shape index (κ1) is 33.2. The van der Waals surface area contributed by atoms with Crippen molar-refractivity contribution in [1.82, 2.24) is 0 Å². The summed E-state index contributed by atoms with van der Waals surface area (Å²) >= 11 is 0. The van der Waals surface area contributed by atoms with Crippen LogP contribution in [-0.4, -0.2) is 250 Å². The standard InChI is InChI=1S/C10H6O8.4K.4H/c11-7(12)3-1-4(8(13)14)6(10(17)18)2-5(3)9(15)16;;;;;;;;/h1-2H,(H,11,12)(H,13,14)(H,15,16)(H,17,18);;;;;;;;. The number of aromatic carboxylic acids is 4. The van der Waals surface area contributed by atoms with E-state index in [1.54, 1.807) is 0 Å². The van der Waals surface area contributed by atoms with E-state index < -0.39 is 46.1 Å². The van der Waals surface area contributed by atoms with E-state index in [4.69, 9.17) is 20.4 Å². The zero-order chi connectivity index (χ0) is 14.0. The molecule has 0 fully saturated rings. The number of carboxylic acids is 4. The third-order valence-electron chi connectivity index (χ3n) is 2.08. The van der Waals surface area contributed by atoms with Gasteiger partial charge in [0.2, 0.25) is 0 Å². The fourth-order valence-electron chi connectivity index (χ4n) is 1.31. The monoisotopic (exact) mass is 414 g/mol. The van der Waals surface area contributed by atoms with Crippen LogP contribution in [0.2, 0.25) is 0 Å². The molecule has 0 aliphatic carbocycles. The van der Waals surface area contributed by atoms with Gasteiger partial charge in [0.1, 0.15) is 0 Å². The molecule has 1 aromatic carbocycles. The van der Waals surface area contributed by atoms with Crippen LogP contribution >= 0.6 is 0 Å². The van der Waals surface area contributed by atoms with E-state index in [2.05, 4.69) is 0 Å². The summed E-state index contributed by atoms with van der Waals surface area (Å²) in [7, 11) is 0. The molecule has 0 unspecified atom stereocenters. The number of benzene rings is 1. The Labute approximate surface area is 294 Å². The predicted octanol–water partition coefficient (Wildman–Crippen LogP) is -2.11. The molecule has 0 atom stereocenters. The van der Waals surface area contributed by atoms with Crippen molar-refractivity contribution in [3.63, 3.8) is 0 Å². The molecule has 1 aromatic rings. The van der Waals surface area contributed by atoms with Gasteiger partial charge in [-0.05, 0) is 12.1 Å². The summed E-state index contributed by atoms with van der Waals surface area (Å²) < 4.78 is 0. The third-order valence-corrected chi connectivity index (χ3v) is 2.08. The van der Waals surface area contributed by atoms with E-state index in [0.29, 0.717) is 12.1 Å². The number of hydrogen-bond donors (Lipinski definition) is 4. The van der Waals surface area contributed by atoms with Gasteiger partial charge in [-0.2, -0.15) is 0 Å². The van der Waals surface area contributed by atoms with Crippen LogP contribution in [0.25, 0.3) is 0 Å². The van der Waals surface area contributed by atoms with E-state index in [1.807, 2.05) is 0 Å². The fraction of sp³-hybridized carbons (Fsp3) is 0. The number of hydrogen-bond acceptors (Lipinski definition) is 4. The summed E-state index contributed by atoms with van der Waals surface area (Å²) in [6, 6.07) is 1.02. The third kappa shape index (κ3) is 9.54. The Morgan fingerprint density at radius 2 is 0.636 bits per heavy atom. The van der Waals surface area contributed by atoms with Gasteiger partial charge in [-0.1, -0.05) is 0 Å². The average molecular weight is 415 g/mol. The van der Waals surface area contributed by atoms with E-state index in [-0.39, 0.29) is 206 Å². The van der Waals surface area contributed by atoms with Gasteiger partial charge in [-0.15, -0.1) is 0 Å². The molecule has 1 rings (SSSR count). The molecule has 102 valence electrons. The Morgan fingerprint density at radius 3 is 0.727 bits per heavy atom. The van der Waals surface area contributed by atoms with E-state index in [0.717, 1.165) is 0 Å². The number of rotatable bonds is 4. The van der Waals surface area contributed by atoms with Crippen molar-refractivity contribution in [3.05, 3.63) is 34.4 Å². The average Bonchev–Trinajstić information content (AvgIpc) is 2.26. The molecule has 4 N–H and O–H groups in total. The minimum absolute atomic E-state index is 0. The van der Waals surface area contributed by atoms with Crippen LogP contribution < -0.4 is 0 Å². The first-order valence-electron chi connectivity index (χ1n) is 4.37. The predicted molar refractivity (Wildman–Crippen MR) is 82.9 cm³/mol. The van der Waals surface area contributed by atoms with Gasteiger partial charge in [0.05, 0.1) is 22.3 Å². The van der Waals surface area contributed by atoms with Crippen LogP contribution in [0.5, 0.6) is 0 Å². The maximum absolute atomic E-state index is 10.8. The summed E-state index contributed by atoms with van der Waals surface area (Å²) in [5.74, 6) is -6.64. The Kier molecular flexibility index (Phi) is 23.7. The molecule has 0 spiro atoms. The van der Waals surface area contributed by atoms with E-state index in [9.17, 15) is 19.2 Å². The van der Waals surface area contributed by atoms with Crippen molar-refractivity contribution in [2.75, 3.05) is 0 Å². The Balaban J connectivity index is -0.000000405. The molecule has 8 nitrogen and oxygen atoms in total. The Morgan fingerprint density at radius 1 is 0.500 bits per heavy atom. The second-order valence-corrected chi connectivity index (χ2v) is 3.16. The molecule has 0 saturated carbocycles. The molecule has 0 heterocycles. The molecule has 0 aromatic heterocycles. The van der Waals surface area contributed by atoms with Crippen LogP contribution in [0.4, 0.5) is 0 Å². The van der Waals surface area contributed by atoms with E-state index in [1.165, 1.54) is 0 Å². The second kappa shape index (κ2) is 15.7. The quantitative estimate of drug-likeness (QED) is 0.409. The summed E-state index contributed by atoms with van der Waals surface area (Å²) in [6.07, 6.45) is 0. The first-order chi connectivity index (χ1) is 8.25. The molecule has 0 aliphatic heterocycles. The molecular formula is C10H10K4O8. The van der Waals surface area contributed by atoms with Crippen molar-refractivity contribution < 1.29 is 39.6 Å². The van der Waals surface area contributed by atoms with Gasteiger partial charge >= 0.3 is 229 Å². The molecule has 12 heteroatoms. The zero-order valence-corrected chi connectivity index (χ0v) is 8.58. The van der Waals surface area contributed by atoms with Crippen molar-refractivity contribution >= 4 is 229 Å². The van der Waals surface area contributed by atoms with Gasteiger partial charge in [-0.3, -0.25) is 0 Å². The molecular weight excluding hydrogens is 404 g/mol. The van der Waals surface area contributed by atoms with Crippen LogP contribution in [0.15, 0.2) is 12.1 Å². The Hall–Kier alpha value is 3.65. The molecule has 22 heavy (non-hydrogen) atoms. The Bertz CT molecular complexity index is 488. The normalized spacial score (nSPS) is 8.00. The molecule has 0 aliphatic rings. The van der Waals surface area contributed by atoms with Gasteiger partial charge < -0.3 is 20.4 Å². The fourth-order valence-corrected chi connectivity index (χ4v) is 1.31. The summed E-state index contributed by atoms with van der Waals surface area (Å²) in [5.41, 5.74) is -3.15. The van der Waals surface area contributed by atoms with Crippen LogP contribution in [-0.2, 0) is 0 Å². The molecule has 0 radical (unpaired) electrons. The van der Waals surface area contributed by atoms with E-state index >= 15 is 0 Å². The van der Waals surface area contributed by atoms with Crippen molar-refractivity contribution in [2.45, 2.75) is 0 Å². The summed E-state index contributed by atoms with van der Waals surface area (Å²) in [5, 5.41) is 35.0. The van der Waals surface area contributed by atoms with Crippen molar-refractivity contribution in [2.24, 2.45) is 0 Å². The first-order valence-corrected chi connectivity index (χ1v) is 4.37. The van der Waals surface area contributed by atoms with Crippen LogP contribution in [0, 0.1) is 0 Å². The number of carbonyl (C=O) groups is 4. The van der Waals surface area contributed by atoms with Crippen molar-refractivity contribution in [1.29, 1.82) is 0 Å². The maximum atomic E-state index is 10.8. The van der Waals surface area contributed by atoms with Gasteiger partial charge in [0, 0.05) is 0 Å². The van der Waals surface area contributed by atoms with Crippen molar-refractivity contribution in [3.8, 4) is 0 Å². The molecule has 0 amide bonds.